The molecule has 0 aliphatic carbocycles. The van der Waals surface area contributed by atoms with Crippen LogP contribution in [0.5, 0.6) is 0 Å². The molecule has 1 aliphatic heterocycles. The van der Waals surface area contributed by atoms with Crippen LogP contribution in [0.15, 0.2) is 28.7 Å². The highest BCUT2D eigenvalue weighted by molar-refractivity contribution is 9.10. The van der Waals surface area contributed by atoms with Gasteiger partial charge in [-0.25, -0.2) is 0 Å². The van der Waals surface area contributed by atoms with Crippen molar-refractivity contribution in [2.24, 2.45) is 5.92 Å². The second-order valence-corrected chi connectivity index (χ2v) is 6.53. The van der Waals surface area contributed by atoms with Crippen molar-refractivity contribution in [2.75, 3.05) is 26.7 Å². The van der Waals surface area contributed by atoms with Gasteiger partial charge in [0.05, 0.1) is 0 Å². The zero-order valence-corrected chi connectivity index (χ0v) is 15.0. The Hall–Kier alpha value is -0.580. The lowest BCUT2D eigenvalue weighted by molar-refractivity contribution is -0.130. The molecule has 0 radical (unpaired) electrons. The van der Waals surface area contributed by atoms with E-state index in [0.29, 0.717) is 12.3 Å². The maximum absolute atomic E-state index is 12.4. The van der Waals surface area contributed by atoms with E-state index in [1.54, 1.807) is 0 Å². The van der Waals surface area contributed by atoms with Crippen LogP contribution < -0.4 is 5.32 Å². The van der Waals surface area contributed by atoms with Crippen LogP contribution in [0.3, 0.4) is 0 Å². The lowest BCUT2D eigenvalue weighted by Crippen LogP contribution is -2.31. The summed E-state index contributed by atoms with van der Waals surface area (Å²) in [7, 11) is 1.97. The van der Waals surface area contributed by atoms with Crippen LogP contribution in [-0.4, -0.2) is 37.5 Å². The summed E-state index contributed by atoms with van der Waals surface area (Å²) in [6.07, 6.45) is 1.71. The van der Waals surface area contributed by atoms with Crippen LogP contribution in [-0.2, 0) is 4.79 Å². The van der Waals surface area contributed by atoms with Gasteiger partial charge in [-0.1, -0.05) is 41.1 Å². The fourth-order valence-electron chi connectivity index (χ4n) is 2.89. The number of carbonyl (C=O) groups is 1. The molecule has 2 unspecified atom stereocenters. The van der Waals surface area contributed by atoms with Gasteiger partial charge in [-0.2, -0.15) is 0 Å². The van der Waals surface area contributed by atoms with E-state index in [2.05, 4.69) is 34.2 Å². The number of nitrogens with zero attached hydrogens (tertiary/aromatic N) is 1. The van der Waals surface area contributed by atoms with Crippen molar-refractivity contribution < 1.29 is 4.79 Å². The first-order valence-corrected chi connectivity index (χ1v) is 8.08. The Labute approximate surface area is 142 Å². The maximum atomic E-state index is 12.4. The van der Waals surface area contributed by atoms with Crippen molar-refractivity contribution in [1.29, 1.82) is 0 Å². The van der Waals surface area contributed by atoms with Crippen molar-refractivity contribution in [1.82, 2.24) is 10.2 Å². The highest BCUT2D eigenvalue weighted by atomic mass is 79.9. The summed E-state index contributed by atoms with van der Waals surface area (Å²) >= 11 is 3.57. The molecule has 1 amide bonds. The van der Waals surface area contributed by atoms with Crippen molar-refractivity contribution in [3.63, 3.8) is 0 Å². The van der Waals surface area contributed by atoms with Gasteiger partial charge < -0.3 is 10.2 Å². The molecule has 1 N–H and O–H groups in total. The summed E-state index contributed by atoms with van der Waals surface area (Å²) in [5.41, 5.74) is 1.21. The van der Waals surface area contributed by atoms with Crippen LogP contribution >= 0.6 is 28.3 Å². The van der Waals surface area contributed by atoms with Gasteiger partial charge in [0.1, 0.15) is 0 Å². The van der Waals surface area contributed by atoms with Crippen molar-refractivity contribution >= 4 is 34.2 Å². The standard InChI is InChI=1S/C16H23BrN2O.ClH/c1-12(14-5-3-4-6-15(14)17)9-16(20)19-8-7-13(11-19)10-18-2;/h3-6,12-13,18H,7-11H2,1-2H3;1H. The third-order valence-electron chi connectivity index (χ3n) is 4.05. The predicted molar refractivity (Wildman–Crippen MR) is 93.0 cm³/mol. The zero-order valence-electron chi connectivity index (χ0n) is 12.6. The minimum Gasteiger partial charge on any atom is -0.342 e. The lowest BCUT2D eigenvalue weighted by atomic mass is 9.97. The summed E-state index contributed by atoms with van der Waals surface area (Å²) in [5, 5.41) is 3.20. The Balaban J connectivity index is 0.00000220. The monoisotopic (exact) mass is 374 g/mol. The summed E-state index contributed by atoms with van der Waals surface area (Å²) < 4.78 is 1.09. The fourth-order valence-corrected chi connectivity index (χ4v) is 3.57. The van der Waals surface area contributed by atoms with Crippen LogP contribution in [0.2, 0.25) is 0 Å². The molecule has 1 fully saturated rings. The first-order chi connectivity index (χ1) is 9.61. The number of nitrogens with one attached hydrogen (secondary N) is 1. The molecule has 5 heteroatoms. The number of likely N-dealkylation sites (tertiary alicyclic amines) is 1. The van der Waals surface area contributed by atoms with Gasteiger partial charge in [0.2, 0.25) is 5.91 Å². The Morgan fingerprint density at radius 3 is 2.86 bits per heavy atom. The molecule has 3 nitrogen and oxygen atoms in total. The summed E-state index contributed by atoms with van der Waals surface area (Å²) in [5.74, 6) is 1.15. The minimum atomic E-state index is 0. The van der Waals surface area contributed by atoms with Gasteiger partial charge in [-0.05, 0) is 43.5 Å². The third kappa shape index (κ3) is 4.97. The maximum Gasteiger partial charge on any atom is 0.223 e. The molecule has 0 bridgehead atoms. The molecule has 0 saturated carbocycles. The minimum absolute atomic E-state index is 0. The number of benzene rings is 1. The molecule has 1 aromatic rings. The first kappa shape index (κ1) is 18.5. The van der Waals surface area contributed by atoms with Crippen LogP contribution in [0.1, 0.15) is 31.2 Å². The molecule has 1 aliphatic rings. The van der Waals surface area contributed by atoms with Gasteiger partial charge in [0, 0.05) is 24.0 Å². The number of rotatable bonds is 5. The van der Waals surface area contributed by atoms with E-state index in [1.165, 1.54) is 5.56 Å². The van der Waals surface area contributed by atoms with Crippen LogP contribution in [0.4, 0.5) is 0 Å². The molecular weight excluding hydrogens is 352 g/mol. The number of hydrogen-bond donors (Lipinski definition) is 1. The molecular formula is C16H24BrClN2O. The largest absolute Gasteiger partial charge is 0.342 e. The number of hydrogen-bond acceptors (Lipinski definition) is 2. The molecule has 0 spiro atoms. The average Bonchev–Trinajstić information content (AvgIpc) is 2.88. The van der Waals surface area contributed by atoms with Gasteiger partial charge in [-0.15, -0.1) is 12.4 Å². The van der Waals surface area contributed by atoms with E-state index in [-0.39, 0.29) is 24.2 Å². The van der Waals surface area contributed by atoms with E-state index >= 15 is 0 Å². The fraction of sp³-hybridized carbons (Fsp3) is 0.562. The summed E-state index contributed by atoms with van der Waals surface area (Å²) in [6.45, 7) is 4.94. The molecule has 2 rings (SSSR count). The van der Waals surface area contributed by atoms with E-state index in [1.807, 2.05) is 30.1 Å². The van der Waals surface area contributed by atoms with Crippen molar-refractivity contribution in [3.8, 4) is 0 Å². The molecule has 0 aromatic heterocycles. The first-order valence-electron chi connectivity index (χ1n) is 7.28. The van der Waals surface area contributed by atoms with E-state index < -0.39 is 0 Å². The number of carbonyl (C=O) groups excluding carboxylic acids is 1. The normalized spacial score (nSPS) is 19.2. The van der Waals surface area contributed by atoms with Crippen molar-refractivity contribution in [3.05, 3.63) is 34.3 Å². The predicted octanol–water partition coefficient (Wildman–Crippen LogP) is 3.43. The SMILES string of the molecule is CNCC1CCN(C(=O)CC(C)c2ccccc2Br)C1.Cl. The molecule has 118 valence electrons. The third-order valence-corrected chi connectivity index (χ3v) is 4.77. The van der Waals surface area contributed by atoms with E-state index in [9.17, 15) is 4.79 Å². The van der Waals surface area contributed by atoms with Crippen LogP contribution in [0, 0.1) is 5.92 Å². The van der Waals surface area contributed by atoms with Crippen molar-refractivity contribution in [2.45, 2.75) is 25.7 Å². The topological polar surface area (TPSA) is 32.3 Å². The van der Waals surface area contributed by atoms with Crippen LogP contribution in [0.25, 0.3) is 0 Å². The molecule has 2 atom stereocenters. The number of halogens is 2. The molecule has 21 heavy (non-hydrogen) atoms. The number of amides is 1. The Morgan fingerprint density at radius 1 is 1.48 bits per heavy atom. The summed E-state index contributed by atoms with van der Waals surface area (Å²) in [4.78, 5) is 14.4. The Morgan fingerprint density at radius 2 is 2.19 bits per heavy atom. The smallest absolute Gasteiger partial charge is 0.223 e. The van der Waals surface area contributed by atoms with E-state index in [0.717, 1.165) is 30.5 Å². The molecule has 1 saturated heterocycles. The second-order valence-electron chi connectivity index (χ2n) is 5.68. The Kier molecular flexibility index (Phi) is 7.71. The highest BCUT2D eigenvalue weighted by Gasteiger charge is 2.26. The second kappa shape index (κ2) is 8.76. The van der Waals surface area contributed by atoms with Gasteiger partial charge in [0.15, 0.2) is 0 Å². The average molecular weight is 376 g/mol. The van der Waals surface area contributed by atoms with Gasteiger partial charge in [-0.3, -0.25) is 4.79 Å². The van der Waals surface area contributed by atoms with Gasteiger partial charge >= 0.3 is 0 Å². The quantitative estimate of drug-likeness (QED) is 0.855. The lowest BCUT2D eigenvalue weighted by Gasteiger charge is -2.20. The summed E-state index contributed by atoms with van der Waals surface area (Å²) in [6, 6.07) is 8.16. The molecule has 1 heterocycles. The van der Waals surface area contributed by atoms with Gasteiger partial charge in [0.25, 0.3) is 0 Å². The molecule has 1 aromatic carbocycles. The zero-order chi connectivity index (χ0) is 14.5. The highest BCUT2D eigenvalue weighted by Crippen LogP contribution is 2.28. The Bertz CT molecular complexity index is 469. The van der Waals surface area contributed by atoms with E-state index in [4.69, 9.17) is 0 Å².